The third-order valence-corrected chi connectivity index (χ3v) is 13.0. The zero-order chi connectivity index (χ0) is 51.6. The minimum absolute atomic E-state index is 0.00585. The molecule has 2 aliphatic heterocycles. The van der Waals surface area contributed by atoms with Crippen LogP contribution in [-0.2, 0) is 66.7 Å². The molecule has 68 heavy (non-hydrogen) atoms. The van der Waals surface area contributed by atoms with Gasteiger partial charge in [-0.25, -0.2) is 4.79 Å². The number of aliphatic hydroxyl groups excluding tert-OH is 1. The maximum atomic E-state index is 13.7. The predicted octanol–water partition coefficient (Wildman–Crippen LogP) is 9.19. The van der Waals surface area contributed by atoms with Crippen LogP contribution in [0, 0.1) is 47.3 Å². The van der Waals surface area contributed by atoms with Crippen molar-refractivity contribution >= 4 is 35.8 Å². The first kappa shape index (κ1) is 60.3. The average Bonchev–Trinajstić information content (AvgIpc) is 3.23. The second-order valence-corrected chi connectivity index (χ2v) is 21.0. The number of carbonyl (C=O) groups is 6. The summed E-state index contributed by atoms with van der Waals surface area (Å²) in [6, 6.07) is 0. The molecule has 0 aromatic heterocycles. The summed E-state index contributed by atoms with van der Waals surface area (Å²) in [5.74, 6) is -5.76. The molecule has 2 saturated heterocycles. The summed E-state index contributed by atoms with van der Waals surface area (Å²) >= 11 is 0. The van der Waals surface area contributed by atoms with Gasteiger partial charge in [0, 0.05) is 62.9 Å². The van der Waals surface area contributed by atoms with Gasteiger partial charge in [0.25, 0.3) is 0 Å². The summed E-state index contributed by atoms with van der Waals surface area (Å²) in [5, 5.41) is 11.7. The maximum absolute atomic E-state index is 13.7. The van der Waals surface area contributed by atoms with Gasteiger partial charge in [-0.05, 0) is 87.0 Å². The molecule has 2 aliphatic rings. The third-order valence-electron chi connectivity index (χ3n) is 13.0. The van der Waals surface area contributed by atoms with Crippen molar-refractivity contribution in [2.45, 2.75) is 216 Å². The van der Waals surface area contributed by atoms with E-state index < -0.39 is 96.1 Å². The molecule has 0 bridgehead atoms. The van der Waals surface area contributed by atoms with Gasteiger partial charge in [0.1, 0.15) is 30.5 Å². The molecule has 0 radical (unpaired) electrons. The molecule has 1 N–H and O–H groups in total. The van der Waals surface area contributed by atoms with Crippen LogP contribution in [0.3, 0.4) is 0 Å². The summed E-state index contributed by atoms with van der Waals surface area (Å²) in [4.78, 5) is 77.6. The maximum Gasteiger partial charge on any atom is 0.333 e. The molecule has 15 nitrogen and oxygen atoms in total. The van der Waals surface area contributed by atoms with Crippen LogP contribution in [0.5, 0.6) is 0 Å². The van der Waals surface area contributed by atoms with Crippen LogP contribution in [0.2, 0.25) is 0 Å². The van der Waals surface area contributed by atoms with E-state index in [1.807, 2.05) is 54.5 Å². The molecule has 0 amide bonds. The fraction of sp³-hybridized carbons (Fsp3) is 0.811. The van der Waals surface area contributed by atoms with Gasteiger partial charge in [0.05, 0.1) is 26.4 Å². The van der Waals surface area contributed by atoms with Gasteiger partial charge >= 0.3 is 35.8 Å². The summed E-state index contributed by atoms with van der Waals surface area (Å²) < 4.78 is 48.5. The molecular formula is C53H88O15. The normalized spacial score (nSPS) is 25.2. The number of hydrogen-bond acceptors (Lipinski definition) is 15. The highest BCUT2D eigenvalue weighted by Gasteiger charge is 2.52. The van der Waals surface area contributed by atoms with Crippen LogP contribution in [0.25, 0.3) is 0 Å². The lowest BCUT2D eigenvalue weighted by molar-refractivity contribution is -0.347. The zero-order valence-corrected chi connectivity index (χ0v) is 44.3. The van der Waals surface area contributed by atoms with Crippen molar-refractivity contribution in [2.24, 2.45) is 47.3 Å². The lowest BCUT2D eigenvalue weighted by Crippen LogP contribution is -2.57. The van der Waals surface area contributed by atoms with Crippen LogP contribution in [-0.4, -0.2) is 104 Å². The molecule has 1 spiro atoms. The minimum Gasteiger partial charge on any atom is -0.469 e. The van der Waals surface area contributed by atoms with Gasteiger partial charge in [0.15, 0.2) is 5.79 Å². The van der Waals surface area contributed by atoms with Gasteiger partial charge in [-0.15, -0.1) is 0 Å². The van der Waals surface area contributed by atoms with Crippen LogP contribution < -0.4 is 0 Å². The fourth-order valence-corrected chi connectivity index (χ4v) is 9.79. The van der Waals surface area contributed by atoms with E-state index in [2.05, 4.69) is 13.8 Å². The van der Waals surface area contributed by atoms with E-state index in [0.29, 0.717) is 38.5 Å². The predicted molar refractivity (Wildman–Crippen MR) is 256 cm³/mol. The van der Waals surface area contributed by atoms with E-state index in [9.17, 15) is 33.9 Å². The largest absolute Gasteiger partial charge is 0.469 e. The number of allylic oxidation sites excluding steroid dienone is 1. The quantitative estimate of drug-likeness (QED) is 0.0372. The van der Waals surface area contributed by atoms with Crippen molar-refractivity contribution in [1.29, 1.82) is 0 Å². The molecule has 0 aromatic carbocycles. The van der Waals surface area contributed by atoms with Crippen LogP contribution in [0.1, 0.15) is 168 Å². The van der Waals surface area contributed by atoms with Gasteiger partial charge < -0.3 is 43.0 Å². The Bertz CT molecular complexity index is 1700. The van der Waals surface area contributed by atoms with E-state index in [1.165, 1.54) is 21.1 Å². The molecule has 0 aliphatic carbocycles. The first-order chi connectivity index (χ1) is 31.7. The molecule has 0 aromatic rings. The van der Waals surface area contributed by atoms with Crippen molar-refractivity contribution in [3.05, 3.63) is 23.3 Å². The second kappa shape index (κ2) is 28.7. The van der Waals surface area contributed by atoms with E-state index in [0.717, 1.165) is 12.0 Å². The van der Waals surface area contributed by atoms with Crippen LogP contribution >= 0.6 is 0 Å². The minimum atomic E-state index is -1.16. The lowest BCUT2D eigenvalue weighted by Gasteiger charge is -2.52. The molecular weight excluding hydrogens is 877 g/mol. The first-order valence-electron chi connectivity index (χ1n) is 25.0. The van der Waals surface area contributed by atoms with Crippen LogP contribution in [0.4, 0.5) is 0 Å². The second-order valence-electron chi connectivity index (χ2n) is 21.0. The molecule has 14 atom stereocenters. The van der Waals surface area contributed by atoms with Crippen molar-refractivity contribution in [3.8, 4) is 0 Å². The van der Waals surface area contributed by atoms with Gasteiger partial charge in [-0.1, -0.05) is 88.3 Å². The molecule has 390 valence electrons. The molecule has 2 heterocycles. The average molecular weight is 965 g/mol. The highest BCUT2D eigenvalue weighted by Crippen LogP contribution is 2.46. The fourth-order valence-electron chi connectivity index (χ4n) is 9.79. The third kappa shape index (κ3) is 19.9. The molecule has 0 unspecified atom stereocenters. The smallest absolute Gasteiger partial charge is 0.333 e. The Kier molecular flexibility index (Phi) is 25.5. The SMILES string of the molecule is CCC(=O)O[C@@H]([C@H](C)[C@H](OC(C)=O)[C@H](C[C@H](C)[C@H](OC(=O)CC(C)C)[C@@H]1C[C@H](C)C[C@]2(C[C@H](C)C[C@H]([C@@H](O)/C(C)=C/CC[C@H](C)CC(=O)OC)O2)O1)OC(=O)CC(C)C)[C@H](C)/C=C(\C)C(=O)OC. The van der Waals surface area contributed by atoms with Crippen LogP contribution in [0.15, 0.2) is 23.3 Å². The Balaban J connectivity index is 2.66. The Hall–Kier alpha value is -3.82. The Labute approximate surface area is 407 Å². The Morgan fingerprint density at radius 3 is 1.79 bits per heavy atom. The number of methoxy groups -OCH3 is 2. The van der Waals surface area contributed by atoms with Gasteiger partial charge in [-0.3, -0.25) is 24.0 Å². The van der Waals surface area contributed by atoms with E-state index >= 15 is 0 Å². The standard InChI is InChI=1S/C53H88O15/c1-17-44(55)65-49(36(10)26-38(12)52(60)62-16)39(13)51(63-40(14)54)42(64-46(57)21-30(2)3)27-37(11)50(66-47(58)22-31(4)5)43-24-34(8)29-53(68-43)28-33(7)23-41(67-53)48(59)35(9)20-18-19-32(6)25-45(56)61-15/h20,26,30-34,36-37,39,41-43,48-51,59H,17-19,21-25,27-29H2,1-16H3/b35-20+,38-26+/t32-,33+,34-,36+,37-,39-,41+,42-,43-,48-,49+,50-,51-,53-/m0/s1. The molecule has 2 rings (SSSR count). The number of rotatable bonds is 26. The van der Waals surface area contributed by atoms with E-state index in [4.69, 9.17) is 37.9 Å². The van der Waals surface area contributed by atoms with Crippen molar-refractivity contribution < 1.29 is 71.8 Å². The summed E-state index contributed by atoms with van der Waals surface area (Å²) in [6.07, 6.45) is 1.66. The highest BCUT2D eigenvalue weighted by atomic mass is 16.7. The number of aliphatic hydroxyl groups is 1. The zero-order valence-electron chi connectivity index (χ0n) is 44.3. The van der Waals surface area contributed by atoms with Crippen molar-refractivity contribution in [3.63, 3.8) is 0 Å². The van der Waals surface area contributed by atoms with E-state index in [1.54, 1.807) is 33.8 Å². The number of ether oxygens (including phenoxy) is 8. The summed E-state index contributed by atoms with van der Waals surface area (Å²) in [7, 11) is 2.65. The van der Waals surface area contributed by atoms with Gasteiger partial charge in [0.2, 0.25) is 0 Å². The summed E-state index contributed by atoms with van der Waals surface area (Å²) in [5.41, 5.74) is 1.06. The van der Waals surface area contributed by atoms with E-state index in [-0.39, 0.29) is 66.8 Å². The number of esters is 6. The number of hydrogen-bond donors (Lipinski definition) is 1. The lowest BCUT2D eigenvalue weighted by atomic mass is 9.78. The van der Waals surface area contributed by atoms with Crippen molar-refractivity contribution in [2.75, 3.05) is 14.2 Å². The molecule has 2 fully saturated rings. The molecule has 0 saturated carbocycles. The number of carbonyl (C=O) groups excluding carboxylic acids is 6. The monoisotopic (exact) mass is 965 g/mol. The highest BCUT2D eigenvalue weighted by molar-refractivity contribution is 5.87. The van der Waals surface area contributed by atoms with Gasteiger partial charge in [-0.2, -0.15) is 0 Å². The van der Waals surface area contributed by atoms with Crippen molar-refractivity contribution in [1.82, 2.24) is 0 Å². The molecule has 15 heteroatoms. The first-order valence-corrected chi connectivity index (χ1v) is 25.0. The topological polar surface area (TPSA) is 196 Å². The summed E-state index contributed by atoms with van der Waals surface area (Å²) in [6.45, 7) is 25.6. The Morgan fingerprint density at radius 1 is 0.706 bits per heavy atom. The Morgan fingerprint density at radius 2 is 1.26 bits per heavy atom.